The third kappa shape index (κ3) is 3.46. The maximum atomic E-state index is 12.9. The number of rotatable bonds is 4. The number of pyridine rings is 1. The van der Waals surface area contributed by atoms with Crippen LogP contribution in [0.25, 0.3) is 22.3 Å². The minimum absolute atomic E-state index is 0.00842. The summed E-state index contributed by atoms with van der Waals surface area (Å²) in [5.74, 6) is -0.142. The first kappa shape index (κ1) is 18.7. The van der Waals surface area contributed by atoms with Crippen molar-refractivity contribution in [2.24, 2.45) is 0 Å². The van der Waals surface area contributed by atoms with Crippen LogP contribution in [-0.4, -0.2) is 48.6 Å². The average Bonchev–Trinajstić information content (AvgIpc) is 3.47. The lowest BCUT2D eigenvalue weighted by Crippen LogP contribution is -2.35. The lowest BCUT2D eigenvalue weighted by Gasteiger charge is -2.25. The van der Waals surface area contributed by atoms with Crippen LogP contribution in [0.5, 0.6) is 0 Å². The Hall–Kier alpha value is -4.27. The van der Waals surface area contributed by atoms with Crippen LogP contribution in [0, 0.1) is 10.1 Å². The molecule has 0 radical (unpaired) electrons. The van der Waals surface area contributed by atoms with Crippen LogP contribution in [0.2, 0.25) is 0 Å². The van der Waals surface area contributed by atoms with Gasteiger partial charge in [0, 0.05) is 54.8 Å². The van der Waals surface area contributed by atoms with Crippen molar-refractivity contribution in [2.45, 2.75) is 6.42 Å². The van der Waals surface area contributed by atoms with Gasteiger partial charge in [0.2, 0.25) is 0 Å². The summed E-state index contributed by atoms with van der Waals surface area (Å²) in [6, 6.07) is 11.6. The van der Waals surface area contributed by atoms with Crippen molar-refractivity contribution in [2.75, 3.05) is 13.1 Å². The van der Waals surface area contributed by atoms with Gasteiger partial charge >= 0.3 is 0 Å². The second-order valence-corrected chi connectivity index (χ2v) is 7.25. The summed E-state index contributed by atoms with van der Waals surface area (Å²) in [6.07, 6.45) is 8.22. The molecule has 1 N–H and O–H groups in total. The molecule has 4 heterocycles. The largest absolute Gasteiger partial charge is 0.346 e. The molecule has 1 aromatic carbocycles. The molecule has 4 aromatic rings. The zero-order valence-electron chi connectivity index (χ0n) is 16.4. The highest BCUT2D eigenvalue weighted by Gasteiger charge is 2.22. The first-order valence-corrected chi connectivity index (χ1v) is 9.81. The van der Waals surface area contributed by atoms with Gasteiger partial charge in [0.15, 0.2) is 5.69 Å². The van der Waals surface area contributed by atoms with Gasteiger partial charge in [-0.3, -0.25) is 14.9 Å². The molecule has 5 rings (SSSR count). The number of nitro benzene ring substituents is 1. The molecule has 1 aliphatic rings. The zero-order valence-corrected chi connectivity index (χ0v) is 16.4. The summed E-state index contributed by atoms with van der Waals surface area (Å²) < 4.78 is 1.54. The van der Waals surface area contributed by atoms with Gasteiger partial charge in [0.25, 0.3) is 11.6 Å². The van der Waals surface area contributed by atoms with E-state index in [-0.39, 0.29) is 11.6 Å². The van der Waals surface area contributed by atoms with Crippen molar-refractivity contribution in [1.82, 2.24) is 24.6 Å². The number of carbonyl (C=O) groups excluding carboxylic acids is 1. The van der Waals surface area contributed by atoms with Gasteiger partial charge in [-0.05, 0) is 42.3 Å². The smallest absolute Gasteiger partial charge is 0.274 e. The predicted molar refractivity (Wildman–Crippen MR) is 115 cm³/mol. The fourth-order valence-corrected chi connectivity index (χ4v) is 3.79. The highest BCUT2D eigenvalue weighted by Crippen LogP contribution is 2.28. The predicted octanol–water partition coefficient (Wildman–Crippen LogP) is 3.59. The number of nitro groups is 1. The molecule has 0 spiro atoms. The highest BCUT2D eigenvalue weighted by molar-refractivity contribution is 5.94. The topological polar surface area (TPSA) is 110 Å². The number of carbonyl (C=O) groups is 1. The number of benzene rings is 1. The van der Waals surface area contributed by atoms with E-state index in [1.807, 2.05) is 18.3 Å². The number of nitrogens with one attached hydrogen (secondary N) is 1. The van der Waals surface area contributed by atoms with Crippen LogP contribution < -0.4 is 0 Å². The van der Waals surface area contributed by atoms with E-state index in [1.54, 1.807) is 40.2 Å². The van der Waals surface area contributed by atoms with Crippen molar-refractivity contribution < 1.29 is 9.72 Å². The third-order valence-electron chi connectivity index (χ3n) is 5.43. The number of nitrogens with zero attached hydrogens (tertiary/aromatic N) is 5. The van der Waals surface area contributed by atoms with E-state index in [2.05, 4.69) is 21.1 Å². The van der Waals surface area contributed by atoms with Crippen molar-refractivity contribution in [1.29, 1.82) is 0 Å². The highest BCUT2D eigenvalue weighted by atomic mass is 16.6. The summed E-state index contributed by atoms with van der Waals surface area (Å²) in [4.78, 5) is 32.5. The molecule has 0 saturated carbocycles. The van der Waals surface area contributed by atoms with E-state index in [1.165, 1.54) is 17.7 Å². The minimum Gasteiger partial charge on any atom is -0.346 e. The standard InChI is InChI=1S/C22H18N6O3/c29-22(20-9-13-27(25-20)16-3-5-17(6-4-16)28(30)31)26-11-7-15(8-12-26)19-14-24-21-18(19)2-1-10-23-21/h1-7,9-10,13-14H,8,11-12H2,(H,23,24). The number of H-pyrrole nitrogens is 1. The SMILES string of the molecule is O=C(c1ccn(-c2ccc([N+](=O)[O-])cc2)n1)N1CC=C(c2c[nH]c3ncccc23)CC1. The average molecular weight is 414 g/mol. The molecule has 0 unspecified atom stereocenters. The first-order valence-electron chi connectivity index (χ1n) is 9.81. The molecule has 1 aliphatic heterocycles. The van der Waals surface area contributed by atoms with Gasteiger partial charge in [-0.1, -0.05) is 6.08 Å². The molecule has 0 saturated heterocycles. The van der Waals surface area contributed by atoms with E-state index in [4.69, 9.17) is 0 Å². The van der Waals surface area contributed by atoms with E-state index < -0.39 is 4.92 Å². The Morgan fingerprint density at radius 1 is 1.16 bits per heavy atom. The number of hydrogen-bond donors (Lipinski definition) is 1. The van der Waals surface area contributed by atoms with E-state index in [0.717, 1.165) is 23.0 Å². The molecule has 3 aromatic heterocycles. The summed E-state index contributed by atoms with van der Waals surface area (Å²) in [7, 11) is 0. The van der Waals surface area contributed by atoms with Crippen molar-refractivity contribution >= 4 is 28.2 Å². The van der Waals surface area contributed by atoms with Gasteiger partial charge in [-0.25, -0.2) is 9.67 Å². The van der Waals surface area contributed by atoms with Gasteiger partial charge in [0.1, 0.15) is 5.65 Å². The number of aromatic amines is 1. The molecule has 0 atom stereocenters. The van der Waals surface area contributed by atoms with Crippen molar-refractivity contribution in [3.8, 4) is 5.69 Å². The lowest BCUT2D eigenvalue weighted by atomic mass is 9.99. The second kappa shape index (κ2) is 7.52. The van der Waals surface area contributed by atoms with Gasteiger partial charge < -0.3 is 9.88 Å². The maximum absolute atomic E-state index is 12.9. The molecule has 154 valence electrons. The van der Waals surface area contributed by atoms with E-state index in [0.29, 0.717) is 24.5 Å². The van der Waals surface area contributed by atoms with Crippen LogP contribution in [0.1, 0.15) is 22.5 Å². The van der Waals surface area contributed by atoms with Gasteiger partial charge in [-0.15, -0.1) is 0 Å². The van der Waals surface area contributed by atoms with Gasteiger partial charge in [0.05, 0.1) is 10.6 Å². The van der Waals surface area contributed by atoms with Crippen molar-refractivity contribution in [3.63, 3.8) is 0 Å². The van der Waals surface area contributed by atoms with E-state index in [9.17, 15) is 14.9 Å². The molecule has 31 heavy (non-hydrogen) atoms. The maximum Gasteiger partial charge on any atom is 0.274 e. The molecule has 0 aliphatic carbocycles. The first-order chi connectivity index (χ1) is 15.1. The lowest BCUT2D eigenvalue weighted by molar-refractivity contribution is -0.384. The molecular formula is C22H18N6O3. The molecule has 0 bridgehead atoms. The molecule has 9 heteroatoms. The Labute approximate surface area is 176 Å². The van der Waals surface area contributed by atoms with Crippen molar-refractivity contribution in [3.05, 3.63) is 88.5 Å². The Balaban J connectivity index is 1.31. The Morgan fingerprint density at radius 3 is 2.74 bits per heavy atom. The van der Waals surface area contributed by atoms with Crippen LogP contribution >= 0.6 is 0 Å². The number of non-ortho nitro benzene ring substituents is 1. The second-order valence-electron chi connectivity index (χ2n) is 7.25. The Bertz CT molecular complexity index is 1320. The summed E-state index contributed by atoms with van der Waals surface area (Å²) >= 11 is 0. The summed E-state index contributed by atoms with van der Waals surface area (Å²) in [5.41, 5.74) is 4.17. The fraction of sp³-hybridized carbons (Fsp3) is 0.136. The zero-order chi connectivity index (χ0) is 21.4. The van der Waals surface area contributed by atoms with Crippen LogP contribution in [0.4, 0.5) is 5.69 Å². The number of aromatic nitrogens is 4. The summed E-state index contributed by atoms with van der Waals surface area (Å²) in [5, 5.41) is 16.2. The minimum atomic E-state index is -0.452. The quantitative estimate of drug-likeness (QED) is 0.405. The molecule has 9 nitrogen and oxygen atoms in total. The monoisotopic (exact) mass is 414 g/mol. The Morgan fingerprint density at radius 2 is 2.00 bits per heavy atom. The fourth-order valence-electron chi connectivity index (χ4n) is 3.79. The van der Waals surface area contributed by atoms with Crippen LogP contribution in [0.3, 0.4) is 0 Å². The van der Waals surface area contributed by atoms with Crippen LogP contribution in [-0.2, 0) is 0 Å². The molecular weight excluding hydrogens is 396 g/mol. The summed E-state index contributed by atoms with van der Waals surface area (Å²) in [6.45, 7) is 1.10. The normalized spacial score (nSPS) is 13.9. The number of amides is 1. The van der Waals surface area contributed by atoms with Crippen LogP contribution in [0.15, 0.2) is 67.1 Å². The molecule has 0 fully saturated rings. The van der Waals surface area contributed by atoms with E-state index >= 15 is 0 Å². The third-order valence-corrected chi connectivity index (χ3v) is 5.43. The van der Waals surface area contributed by atoms with Gasteiger partial charge in [-0.2, -0.15) is 5.10 Å². The number of hydrogen-bond acceptors (Lipinski definition) is 5. The number of fused-ring (bicyclic) bond motifs is 1. The Kier molecular flexibility index (Phi) is 4.55. The molecule has 1 amide bonds.